The molecule has 0 aliphatic heterocycles. The van der Waals surface area contributed by atoms with Gasteiger partial charge < -0.3 is 9.79 Å². The Labute approximate surface area is 122 Å². The van der Waals surface area contributed by atoms with Crippen LogP contribution in [0.5, 0.6) is 0 Å². The van der Waals surface area contributed by atoms with E-state index in [1.165, 1.54) is 0 Å². The number of benzene rings is 2. The normalized spacial score (nSPS) is 17.4. The van der Waals surface area contributed by atoms with Crippen molar-refractivity contribution in [1.29, 1.82) is 0 Å². The summed E-state index contributed by atoms with van der Waals surface area (Å²) in [5, 5.41) is 1.17. The first-order valence-corrected chi connectivity index (χ1v) is 11.0. The molecule has 2 rings (SSSR count). The molecule has 0 amide bonds. The van der Waals surface area contributed by atoms with Gasteiger partial charge in [-0.25, -0.2) is 4.86 Å². The maximum Gasteiger partial charge on any atom is 0.162 e. The quantitative estimate of drug-likeness (QED) is 0.747. The predicted octanol–water partition coefficient (Wildman–Crippen LogP) is 1.83. The smallest absolute Gasteiger partial charge is 0.162 e. The molecule has 2 aromatic carbocycles. The minimum Gasteiger partial charge on any atom is -0.350 e. The lowest BCUT2D eigenvalue weighted by Crippen LogP contribution is -2.21. The van der Waals surface area contributed by atoms with Gasteiger partial charge in [0.25, 0.3) is 0 Å². The Balaban J connectivity index is 2.31. The van der Waals surface area contributed by atoms with Crippen LogP contribution in [0, 0.1) is 0 Å². The molecule has 0 heterocycles. The number of nitrogens with one attached hydrogen (secondary N) is 1. The van der Waals surface area contributed by atoms with Gasteiger partial charge in [0.05, 0.1) is 0 Å². The maximum absolute atomic E-state index is 10.4. The molecule has 3 nitrogen and oxygen atoms in total. The molecule has 19 heavy (non-hydrogen) atoms. The summed E-state index contributed by atoms with van der Waals surface area (Å²) in [6.07, 6.45) is -6.11. The van der Waals surface area contributed by atoms with E-state index in [1.807, 2.05) is 12.1 Å². The van der Waals surface area contributed by atoms with Gasteiger partial charge in [0.2, 0.25) is 0 Å². The predicted molar refractivity (Wildman–Crippen MR) is 88.3 cm³/mol. The molecule has 0 aliphatic carbocycles. The third kappa shape index (κ3) is 3.80. The first-order valence-electron chi connectivity index (χ1n) is 5.48. The topological polar surface area (TPSA) is 52.5 Å². The lowest BCUT2D eigenvalue weighted by molar-refractivity contribution is 0.608. The van der Waals surface area contributed by atoms with Crippen LogP contribution in [-0.4, -0.2) is 9.79 Å². The van der Waals surface area contributed by atoms with Crippen LogP contribution in [0.3, 0.4) is 0 Å². The van der Waals surface area contributed by atoms with Crippen molar-refractivity contribution >= 4 is 47.1 Å². The monoisotopic (exact) mass is 329 g/mol. The van der Waals surface area contributed by atoms with Gasteiger partial charge >= 0.3 is 0 Å². The zero-order valence-electron chi connectivity index (χ0n) is 9.88. The second kappa shape index (κ2) is 5.94. The molecule has 2 atom stereocenters. The summed E-state index contributed by atoms with van der Waals surface area (Å²) in [6, 6.07) is 17.8. The third-order valence-electron chi connectivity index (χ3n) is 2.48. The molecule has 0 bridgehead atoms. The summed E-state index contributed by atoms with van der Waals surface area (Å²) in [7, 11) is 0. The second-order valence-corrected chi connectivity index (χ2v) is 11.2. The lowest BCUT2D eigenvalue weighted by atomic mass is 10.4. The molecule has 0 fully saturated rings. The fourth-order valence-electron chi connectivity index (χ4n) is 1.56. The highest BCUT2D eigenvalue weighted by Crippen LogP contribution is 2.49. The van der Waals surface area contributed by atoms with Gasteiger partial charge in [-0.15, -0.1) is 0 Å². The first kappa shape index (κ1) is 15.0. The molecular weight excluding hydrogens is 316 g/mol. The van der Waals surface area contributed by atoms with Crippen LogP contribution in [0.4, 0.5) is 0 Å². The summed E-state index contributed by atoms with van der Waals surface area (Å²) in [5.74, 6) is 0. The minimum absolute atomic E-state index is 0.587. The lowest BCUT2D eigenvalue weighted by Gasteiger charge is -2.24. The number of rotatable bonds is 4. The summed E-state index contributed by atoms with van der Waals surface area (Å²) >= 11 is 10.4. The van der Waals surface area contributed by atoms with Crippen LogP contribution in [-0.2, 0) is 23.6 Å². The zero-order valence-corrected chi connectivity index (χ0v) is 13.3. The van der Waals surface area contributed by atoms with E-state index < -0.39 is 12.8 Å². The van der Waals surface area contributed by atoms with Crippen molar-refractivity contribution < 1.29 is 9.79 Å². The van der Waals surface area contributed by atoms with Crippen molar-refractivity contribution in [2.75, 3.05) is 0 Å². The van der Waals surface area contributed by atoms with Gasteiger partial charge in [-0.3, -0.25) is 0 Å². The second-order valence-electron chi connectivity index (χ2n) is 3.92. The Kier molecular flexibility index (Phi) is 4.70. The van der Waals surface area contributed by atoms with Gasteiger partial charge in [-0.05, 0) is 23.6 Å². The standard InChI is InChI=1S/C12H13NO2P2S2/c14-16(18,11-7-3-1-4-8-11)13-17(15,19)12-9-5-2-6-10-12/h1-10H,(H3,13,14,15,18,19). The van der Waals surface area contributed by atoms with E-state index in [-0.39, 0.29) is 0 Å². The largest absolute Gasteiger partial charge is 0.350 e. The molecule has 0 saturated carbocycles. The average molecular weight is 329 g/mol. The number of hydrogen-bond donors (Lipinski definition) is 3. The summed E-state index contributed by atoms with van der Waals surface area (Å²) < 4.78 is 0. The third-order valence-corrected chi connectivity index (χ3v) is 9.38. The van der Waals surface area contributed by atoms with Crippen LogP contribution >= 0.6 is 12.8 Å². The molecule has 0 spiro atoms. The molecule has 7 heteroatoms. The van der Waals surface area contributed by atoms with Crippen LogP contribution in [0.1, 0.15) is 0 Å². The highest BCUT2D eigenvalue weighted by Gasteiger charge is 2.25. The Morgan fingerprint density at radius 2 is 1.00 bits per heavy atom. The van der Waals surface area contributed by atoms with Crippen molar-refractivity contribution in [2.45, 2.75) is 0 Å². The Morgan fingerprint density at radius 3 is 1.32 bits per heavy atom. The van der Waals surface area contributed by atoms with Crippen LogP contribution in [0.15, 0.2) is 60.7 Å². The molecule has 3 N–H and O–H groups in total. The van der Waals surface area contributed by atoms with E-state index in [1.54, 1.807) is 48.5 Å². The van der Waals surface area contributed by atoms with Gasteiger partial charge in [0.15, 0.2) is 12.8 Å². The molecule has 0 radical (unpaired) electrons. The minimum atomic E-state index is -3.05. The number of hydrogen-bond acceptors (Lipinski definition) is 2. The molecular formula is C12H13NO2P2S2. The fraction of sp³-hybridized carbons (Fsp3) is 0. The van der Waals surface area contributed by atoms with Crippen molar-refractivity contribution in [3.63, 3.8) is 0 Å². The van der Waals surface area contributed by atoms with E-state index in [9.17, 15) is 9.79 Å². The molecule has 0 aromatic heterocycles. The summed E-state index contributed by atoms with van der Waals surface area (Å²) in [4.78, 5) is 23.5. The van der Waals surface area contributed by atoms with Gasteiger partial charge in [-0.2, -0.15) is 0 Å². The fourth-order valence-corrected chi connectivity index (χ4v) is 8.43. The van der Waals surface area contributed by atoms with Gasteiger partial charge in [-0.1, -0.05) is 60.7 Å². The highest BCUT2D eigenvalue weighted by atomic mass is 32.5. The molecule has 0 saturated heterocycles. The molecule has 2 aromatic rings. The molecule has 100 valence electrons. The average Bonchev–Trinajstić information content (AvgIpc) is 2.40. The van der Waals surface area contributed by atoms with Gasteiger partial charge in [0.1, 0.15) is 0 Å². The SMILES string of the molecule is OP(=S)(NP(O)(=S)c1ccccc1)c1ccccc1. The van der Waals surface area contributed by atoms with Crippen molar-refractivity contribution in [3.05, 3.63) is 60.7 Å². The van der Waals surface area contributed by atoms with E-state index in [0.29, 0.717) is 10.6 Å². The summed E-state index contributed by atoms with van der Waals surface area (Å²) in [6.45, 7) is 0. The van der Waals surface area contributed by atoms with E-state index in [4.69, 9.17) is 23.6 Å². The van der Waals surface area contributed by atoms with Crippen molar-refractivity contribution in [2.24, 2.45) is 0 Å². The first-order chi connectivity index (χ1) is 8.92. The van der Waals surface area contributed by atoms with Crippen molar-refractivity contribution in [3.8, 4) is 0 Å². The van der Waals surface area contributed by atoms with E-state index >= 15 is 0 Å². The highest BCUT2D eigenvalue weighted by molar-refractivity contribution is 8.23. The summed E-state index contributed by atoms with van der Waals surface area (Å²) in [5.41, 5.74) is 0. The molecule has 2 unspecified atom stereocenters. The van der Waals surface area contributed by atoms with Crippen LogP contribution in [0.25, 0.3) is 0 Å². The Hall–Kier alpha value is -0.380. The van der Waals surface area contributed by atoms with Crippen molar-refractivity contribution in [1.82, 2.24) is 4.86 Å². The van der Waals surface area contributed by atoms with E-state index in [2.05, 4.69) is 4.86 Å². The maximum atomic E-state index is 10.4. The zero-order chi connectivity index (χ0) is 13.9. The van der Waals surface area contributed by atoms with Gasteiger partial charge in [0, 0.05) is 10.6 Å². The van der Waals surface area contributed by atoms with E-state index in [0.717, 1.165) is 0 Å². The Morgan fingerprint density at radius 1 is 0.684 bits per heavy atom. The van der Waals surface area contributed by atoms with Crippen LogP contribution < -0.4 is 15.5 Å². The Bertz CT molecular complexity index is 592. The van der Waals surface area contributed by atoms with Crippen LogP contribution in [0.2, 0.25) is 0 Å². The molecule has 0 aliphatic rings.